The van der Waals surface area contributed by atoms with Crippen molar-refractivity contribution in [3.05, 3.63) is 46.1 Å². The normalized spacial score (nSPS) is 12.5. The minimum absolute atomic E-state index is 0.187. The van der Waals surface area contributed by atoms with Gasteiger partial charge >= 0.3 is 0 Å². The van der Waals surface area contributed by atoms with E-state index < -0.39 is 0 Å². The molecule has 0 saturated heterocycles. The molecule has 1 aromatic heterocycles. The van der Waals surface area contributed by atoms with Crippen LogP contribution in [0.25, 0.3) is 10.9 Å². The number of fused-ring (bicyclic) bond motifs is 1. The molecule has 2 rings (SSSR count). The van der Waals surface area contributed by atoms with Crippen LogP contribution in [0.5, 0.6) is 0 Å². The van der Waals surface area contributed by atoms with E-state index in [9.17, 15) is 10.1 Å². The van der Waals surface area contributed by atoms with E-state index in [1.807, 2.05) is 19.1 Å². The van der Waals surface area contributed by atoms with Crippen LogP contribution in [0.3, 0.4) is 0 Å². The molecule has 0 bridgehead atoms. The summed E-state index contributed by atoms with van der Waals surface area (Å²) in [4.78, 5) is 15.3. The second-order valence-electron chi connectivity index (χ2n) is 4.77. The Hall–Kier alpha value is -2.01. The Morgan fingerprint density at radius 2 is 2.15 bits per heavy atom. The fraction of sp³-hybridized carbons (Fsp3) is 0.400. The second kappa shape index (κ2) is 6.43. The predicted molar refractivity (Wildman–Crippen MR) is 79.9 cm³/mol. The number of aromatic nitrogens is 1. The Morgan fingerprint density at radius 1 is 1.35 bits per heavy atom. The Labute approximate surface area is 118 Å². The van der Waals surface area contributed by atoms with Crippen LogP contribution < -0.4 is 5.32 Å². The van der Waals surface area contributed by atoms with Crippen LogP contribution in [0.15, 0.2) is 30.5 Å². The van der Waals surface area contributed by atoms with Crippen LogP contribution in [-0.4, -0.2) is 22.5 Å². The minimum Gasteiger partial charge on any atom is -0.314 e. The van der Waals surface area contributed by atoms with Crippen molar-refractivity contribution < 1.29 is 4.92 Å². The third-order valence-corrected chi connectivity index (χ3v) is 3.47. The fourth-order valence-corrected chi connectivity index (χ4v) is 2.48. The summed E-state index contributed by atoms with van der Waals surface area (Å²) in [6.45, 7) is 4.99. The Bertz CT molecular complexity index is 613. The molecular weight excluding hydrogens is 254 g/mol. The van der Waals surface area contributed by atoms with Gasteiger partial charge in [-0.05, 0) is 43.7 Å². The lowest BCUT2D eigenvalue weighted by Gasteiger charge is -2.16. The first-order valence-corrected chi connectivity index (χ1v) is 6.91. The van der Waals surface area contributed by atoms with Crippen LogP contribution in [0.2, 0.25) is 0 Å². The topological polar surface area (TPSA) is 68.1 Å². The van der Waals surface area contributed by atoms with E-state index in [0.29, 0.717) is 17.3 Å². The highest BCUT2D eigenvalue weighted by Gasteiger charge is 2.20. The summed E-state index contributed by atoms with van der Waals surface area (Å²) in [5, 5.41) is 15.4. The van der Waals surface area contributed by atoms with Crippen LogP contribution >= 0.6 is 0 Å². The fourth-order valence-electron chi connectivity index (χ4n) is 2.48. The van der Waals surface area contributed by atoms with Crippen molar-refractivity contribution in [2.75, 3.05) is 6.54 Å². The number of nitro groups is 1. The van der Waals surface area contributed by atoms with Gasteiger partial charge in [0.2, 0.25) is 0 Å². The molecule has 5 nitrogen and oxygen atoms in total. The van der Waals surface area contributed by atoms with Gasteiger partial charge in [-0.3, -0.25) is 15.1 Å². The molecule has 106 valence electrons. The quantitative estimate of drug-likeness (QED) is 0.648. The number of likely N-dealkylation sites (N-methyl/N-ethyl adjacent to an activating group) is 1. The molecule has 0 radical (unpaired) electrons. The van der Waals surface area contributed by atoms with Crippen molar-refractivity contribution in [1.29, 1.82) is 0 Å². The minimum atomic E-state index is -0.294. The molecule has 5 heteroatoms. The number of nitrogens with zero attached hydrogens (tertiary/aromatic N) is 2. The number of benzene rings is 1. The summed E-state index contributed by atoms with van der Waals surface area (Å²) in [6.07, 6.45) is 3.25. The van der Waals surface area contributed by atoms with E-state index in [2.05, 4.69) is 17.2 Å². The van der Waals surface area contributed by atoms with Gasteiger partial charge in [0.25, 0.3) is 5.69 Å². The first kappa shape index (κ1) is 14.4. The molecule has 0 fully saturated rings. The highest BCUT2D eigenvalue weighted by Crippen LogP contribution is 2.29. The van der Waals surface area contributed by atoms with E-state index in [1.165, 1.54) is 0 Å². The highest BCUT2D eigenvalue weighted by molar-refractivity contribution is 5.89. The average molecular weight is 273 g/mol. The zero-order valence-electron chi connectivity index (χ0n) is 11.8. The van der Waals surface area contributed by atoms with E-state index in [1.54, 1.807) is 18.3 Å². The van der Waals surface area contributed by atoms with E-state index >= 15 is 0 Å². The molecular formula is C15H19N3O2. The maximum Gasteiger partial charge on any atom is 0.281 e. The largest absolute Gasteiger partial charge is 0.314 e. The van der Waals surface area contributed by atoms with Crippen molar-refractivity contribution in [3.8, 4) is 0 Å². The lowest BCUT2D eigenvalue weighted by molar-refractivity contribution is -0.383. The van der Waals surface area contributed by atoms with Crippen LogP contribution in [-0.2, 0) is 6.42 Å². The van der Waals surface area contributed by atoms with Gasteiger partial charge in [-0.15, -0.1) is 0 Å². The van der Waals surface area contributed by atoms with Crippen molar-refractivity contribution in [3.63, 3.8) is 0 Å². The number of nitro benzene ring substituents is 1. The molecule has 1 atom stereocenters. The zero-order chi connectivity index (χ0) is 14.5. The number of hydrogen-bond donors (Lipinski definition) is 1. The first-order chi connectivity index (χ1) is 9.67. The maximum absolute atomic E-state index is 11.4. The maximum atomic E-state index is 11.4. The van der Waals surface area contributed by atoms with Gasteiger partial charge in [-0.1, -0.05) is 13.8 Å². The second-order valence-corrected chi connectivity index (χ2v) is 4.77. The van der Waals surface area contributed by atoms with E-state index in [4.69, 9.17) is 0 Å². The van der Waals surface area contributed by atoms with E-state index in [0.717, 1.165) is 18.5 Å². The average Bonchev–Trinajstić information content (AvgIpc) is 2.46. The summed E-state index contributed by atoms with van der Waals surface area (Å²) in [5.41, 5.74) is 1.62. The number of pyridine rings is 1. The molecule has 0 saturated carbocycles. The van der Waals surface area contributed by atoms with Gasteiger partial charge in [0.05, 0.1) is 15.8 Å². The molecule has 20 heavy (non-hydrogen) atoms. The van der Waals surface area contributed by atoms with E-state index in [-0.39, 0.29) is 16.7 Å². The molecule has 1 N–H and O–H groups in total. The summed E-state index contributed by atoms with van der Waals surface area (Å²) < 4.78 is 0. The molecule has 0 spiro atoms. The summed E-state index contributed by atoms with van der Waals surface area (Å²) in [7, 11) is 0. The first-order valence-electron chi connectivity index (χ1n) is 6.91. The third kappa shape index (κ3) is 2.93. The molecule has 2 aromatic rings. The Morgan fingerprint density at radius 3 is 2.80 bits per heavy atom. The third-order valence-electron chi connectivity index (χ3n) is 3.47. The summed E-state index contributed by atoms with van der Waals surface area (Å²) in [5.74, 6) is 0. The van der Waals surface area contributed by atoms with Crippen LogP contribution in [0.1, 0.15) is 25.8 Å². The molecule has 1 unspecified atom stereocenters. The van der Waals surface area contributed by atoms with Gasteiger partial charge in [0.1, 0.15) is 0 Å². The molecule has 0 aliphatic carbocycles. The summed E-state index contributed by atoms with van der Waals surface area (Å²) in [6, 6.07) is 7.44. The Kier molecular flexibility index (Phi) is 4.63. The van der Waals surface area contributed by atoms with Crippen LogP contribution in [0, 0.1) is 10.1 Å². The van der Waals surface area contributed by atoms with Gasteiger partial charge in [0, 0.05) is 17.8 Å². The standard InChI is InChI=1S/C15H19N3O2/c1-3-12(16-4-2)10-11-7-8-14-13(6-5-9-17-14)15(11)18(19)20/h5-9,12,16H,3-4,10H2,1-2H3. The van der Waals surface area contributed by atoms with Crippen molar-refractivity contribution in [2.24, 2.45) is 0 Å². The van der Waals surface area contributed by atoms with Gasteiger partial charge in [-0.2, -0.15) is 0 Å². The molecule has 1 heterocycles. The zero-order valence-corrected chi connectivity index (χ0v) is 11.8. The predicted octanol–water partition coefficient (Wildman–Crippen LogP) is 3.07. The highest BCUT2D eigenvalue weighted by atomic mass is 16.6. The molecule has 0 aliphatic rings. The van der Waals surface area contributed by atoms with Crippen molar-refractivity contribution >= 4 is 16.6 Å². The SMILES string of the molecule is CCNC(CC)Cc1ccc2ncccc2c1[N+](=O)[O-]. The lowest BCUT2D eigenvalue weighted by atomic mass is 9.99. The molecule has 0 aliphatic heterocycles. The smallest absolute Gasteiger partial charge is 0.281 e. The molecule has 0 amide bonds. The van der Waals surface area contributed by atoms with Crippen molar-refractivity contribution in [1.82, 2.24) is 10.3 Å². The molecule has 1 aromatic carbocycles. The number of rotatable bonds is 6. The Balaban J connectivity index is 2.47. The summed E-state index contributed by atoms with van der Waals surface area (Å²) >= 11 is 0. The van der Waals surface area contributed by atoms with Gasteiger partial charge in [0.15, 0.2) is 0 Å². The monoisotopic (exact) mass is 273 g/mol. The van der Waals surface area contributed by atoms with Gasteiger partial charge in [-0.25, -0.2) is 0 Å². The number of nitrogens with one attached hydrogen (secondary N) is 1. The lowest BCUT2D eigenvalue weighted by Crippen LogP contribution is -2.30. The van der Waals surface area contributed by atoms with Gasteiger partial charge < -0.3 is 5.32 Å². The number of hydrogen-bond acceptors (Lipinski definition) is 4. The van der Waals surface area contributed by atoms with Crippen molar-refractivity contribution in [2.45, 2.75) is 32.7 Å². The van der Waals surface area contributed by atoms with Crippen LogP contribution in [0.4, 0.5) is 5.69 Å².